The van der Waals surface area contributed by atoms with Gasteiger partial charge in [-0.1, -0.05) is 6.07 Å². The van der Waals surface area contributed by atoms with Crippen LogP contribution in [0.5, 0.6) is 0 Å². The number of rotatable bonds is 1. The molecule has 0 bridgehead atoms. The van der Waals surface area contributed by atoms with Crippen LogP contribution in [0.4, 0.5) is 5.95 Å². The van der Waals surface area contributed by atoms with Gasteiger partial charge >= 0.3 is 0 Å². The van der Waals surface area contributed by atoms with E-state index in [-0.39, 0.29) is 5.95 Å². The molecule has 1 aromatic carbocycles. The summed E-state index contributed by atoms with van der Waals surface area (Å²) < 4.78 is 0. The maximum Gasteiger partial charge on any atom is 0.288 e. The van der Waals surface area contributed by atoms with E-state index in [9.17, 15) is 5.21 Å². The van der Waals surface area contributed by atoms with Crippen molar-refractivity contribution in [2.24, 2.45) is 0 Å². The maximum absolute atomic E-state index is 11.6. The molecular formula is C10H8N6O. The van der Waals surface area contributed by atoms with Crippen LogP contribution in [0.2, 0.25) is 0 Å². The largest absolute Gasteiger partial charge is 0.594 e. The van der Waals surface area contributed by atoms with Crippen molar-refractivity contribution in [2.45, 2.75) is 0 Å². The topological polar surface area (TPSA) is 107 Å². The first-order valence-corrected chi connectivity index (χ1v) is 4.90. The van der Waals surface area contributed by atoms with Gasteiger partial charge in [0, 0.05) is 17.8 Å². The Kier molecular flexibility index (Phi) is 1.91. The summed E-state index contributed by atoms with van der Waals surface area (Å²) >= 11 is 0. The van der Waals surface area contributed by atoms with Gasteiger partial charge in [-0.3, -0.25) is 5.10 Å². The standard InChI is InChI=1S/C10H8N6O/c11-10-14-8-2-1-6(7-4-12-13-5-7)3-9(8)16(17)15-10/h1-5H,(H,12,13)(H2,11,14,15). The molecule has 0 atom stereocenters. The van der Waals surface area contributed by atoms with E-state index in [0.717, 1.165) is 11.1 Å². The number of nitrogen functional groups attached to an aromatic ring is 1. The number of nitrogens with two attached hydrogens (primary N) is 1. The molecule has 0 saturated heterocycles. The molecule has 0 spiro atoms. The van der Waals surface area contributed by atoms with E-state index in [0.29, 0.717) is 15.9 Å². The molecule has 0 saturated carbocycles. The first kappa shape index (κ1) is 9.52. The summed E-state index contributed by atoms with van der Waals surface area (Å²) in [6.45, 7) is 0. The molecule has 7 heteroatoms. The molecule has 2 aromatic heterocycles. The molecular weight excluding hydrogens is 220 g/mol. The highest BCUT2D eigenvalue weighted by Crippen LogP contribution is 2.20. The number of hydrogen-bond acceptors (Lipinski definition) is 5. The zero-order valence-corrected chi connectivity index (χ0v) is 8.66. The second-order valence-corrected chi connectivity index (χ2v) is 3.53. The zero-order chi connectivity index (χ0) is 11.8. The van der Waals surface area contributed by atoms with Crippen LogP contribution in [-0.4, -0.2) is 20.3 Å². The summed E-state index contributed by atoms with van der Waals surface area (Å²) in [4.78, 5) is 4.45. The van der Waals surface area contributed by atoms with Gasteiger partial charge in [0.25, 0.3) is 11.5 Å². The van der Waals surface area contributed by atoms with Crippen LogP contribution < -0.4 is 10.6 Å². The van der Waals surface area contributed by atoms with Gasteiger partial charge in [0.2, 0.25) is 0 Å². The minimum Gasteiger partial charge on any atom is -0.594 e. The Labute approximate surface area is 95.5 Å². The van der Waals surface area contributed by atoms with E-state index in [2.05, 4.69) is 20.3 Å². The molecule has 0 fully saturated rings. The average Bonchev–Trinajstić information content (AvgIpc) is 2.82. The highest BCUT2D eigenvalue weighted by molar-refractivity contribution is 5.79. The van der Waals surface area contributed by atoms with Gasteiger partial charge in [-0.15, -0.1) is 0 Å². The molecule has 0 amide bonds. The van der Waals surface area contributed by atoms with Crippen LogP contribution in [-0.2, 0) is 0 Å². The lowest BCUT2D eigenvalue weighted by molar-refractivity contribution is -0.641. The third kappa shape index (κ3) is 1.53. The second-order valence-electron chi connectivity index (χ2n) is 3.53. The van der Waals surface area contributed by atoms with Crippen LogP contribution in [0.3, 0.4) is 0 Å². The summed E-state index contributed by atoms with van der Waals surface area (Å²) in [7, 11) is 0. The van der Waals surface area contributed by atoms with Crippen LogP contribution >= 0.6 is 0 Å². The van der Waals surface area contributed by atoms with Crippen molar-refractivity contribution in [3.8, 4) is 11.1 Å². The lowest BCUT2D eigenvalue weighted by Crippen LogP contribution is -2.33. The zero-order valence-electron chi connectivity index (χ0n) is 8.66. The summed E-state index contributed by atoms with van der Waals surface area (Å²) in [5.41, 5.74) is 8.04. The molecule has 84 valence electrons. The van der Waals surface area contributed by atoms with Gasteiger partial charge in [-0.05, 0) is 16.5 Å². The van der Waals surface area contributed by atoms with Crippen molar-refractivity contribution in [1.82, 2.24) is 20.3 Å². The van der Waals surface area contributed by atoms with Crippen LogP contribution in [0, 0.1) is 5.21 Å². The van der Waals surface area contributed by atoms with Gasteiger partial charge in [-0.2, -0.15) is 5.10 Å². The molecule has 0 aliphatic heterocycles. The first-order valence-electron chi connectivity index (χ1n) is 4.90. The van der Waals surface area contributed by atoms with Crippen LogP contribution in [0.15, 0.2) is 30.6 Å². The van der Waals surface area contributed by atoms with E-state index < -0.39 is 0 Å². The lowest BCUT2D eigenvalue weighted by Gasteiger charge is -2.01. The SMILES string of the molecule is Nc1nc2ccc(-c3cn[nH]c3)cc2[n+]([O-])n1. The van der Waals surface area contributed by atoms with Gasteiger partial charge in [-0.25, -0.2) is 4.98 Å². The number of nitrogens with zero attached hydrogens (tertiary/aromatic N) is 4. The molecule has 3 N–H and O–H groups in total. The van der Waals surface area contributed by atoms with E-state index in [1.165, 1.54) is 0 Å². The molecule has 17 heavy (non-hydrogen) atoms. The predicted molar refractivity (Wildman–Crippen MR) is 60.5 cm³/mol. The Morgan fingerprint density at radius 1 is 1.29 bits per heavy atom. The third-order valence-electron chi connectivity index (χ3n) is 2.44. The molecule has 2 heterocycles. The Balaban J connectivity index is 2.26. The maximum atomic E-state index is 11.6. The Bertz CT molecular complexity index is 679. The molecule has 0 aliphatic carbocycles. The fourth-order valence-corrected chi connectivity index (χ4v) is 1.65. The number of aromatic nitrogens is 5. The summed E-state index contributed by atoms with van der Waals surface area (Å²) in [6, 6.07) is 5.27. The number of H-pyrrole nitrogens is 1. The number of benzene rings is 1. The highest BCUT2D eigenvalue weighted by atomic mass is 16.5. The minimum atomic E-state index is -0.0384. The fraction of sp³-hybridized carbons (Fsp3) is 0. The summed E-state index contributed by atoms with van der Waals surface area (Å²) in [6.07, 6.45) is 3.42. The monoisotopic (exact) mass is 228 g/mol. The van der Waals surface area contributed by atoms with E-state index >= 15 is 0 Å². The minimum absolute atomic E-state index is 0.0384. The van der Waals surface area contributed by atoms with E-state index in [1.807, 2.05) is 6.07 Å². The fourth-order valence-electron chi connectivity index (χ4n) is 1.65. The molecule has 0 unspecified atom stereocenters. The Hall–Kier alpha value is -2.70. The number of fused-ring (bicyclic) bond motifs is 1. The predicted octanol–water partition coefficient (Wildman–Crippen LogP) is 0.235. The van der Waals surface area contributed by atoms with E-state index in [4.69, 9.17) is 5.73 Å². The average molecular weight is 228 g/mol. The number of anilines is 1. The van der Waals surface area contributed by atoms with Gasteiger partial charge < -0.3 is 10.9 Å². The van der Waals surface area contributed by atoms with E-state index in [1.54, 1.807) is 24.5 Å². The van der Waals surface area contributed by atoms with Crippen molar-refractivity contribution in [3.05, 3.63) is 35.8 Å². The Morgan fingerprint density at radius 3 is 2.94 bits per heavy atom. The van der Waals surface area contributed by atoms with Crippen molar-refractivity contribution in [2.75, 3.05) is 5.73 Å². The second kappa shape index (κ2) is 3.41. The highest BCUT2D eigenvalue weighted by Gasteiger charge is 2.10. The Morgan fingerprint density at radius 2 is 2.18 bits per heavy atom. The molecule has 0 aliphatic rings. The van der Waals surface area contributed by atoms with Crippen molar-refractivity contribution < 1.29 is 4.85 Å². The normalized spacial score (nSPS) is 10.8. The summed E-state index contributed by atoms with van der Waals surface area (Å²) in [5, 5.41) is 21.7. The smallest absolute Gasteiger partial charge is 0.288 e. The lowest BCUT2D eigenvalue weighted by atomic mass is 10.1. The number of aromatic amines is 1. The van der Waals surface area contributed by atoms with Crippen molar-refractivity contribution in [1.29, 1.82) is 0 Å². The molecule has 0 radical (unpaired) electrons. The number of hydrogen-bond donors (Lipinski definition) is 2. The third-order valence-corrected chi connectivity index (χ3v) is 2.44. The van der Waals surface area contributed by atoms with Crippen molar-refractivity contribution >= 4 is 17.0 Å². The van der Waals surface area contributed by atoms with Gasteiger partial charge in [0.15, 0.2) is 0 Å². The van der Waals surface area contributed by atoms with Crippen LogP contribution in [0.25, 0.3) is 22.2 Å². The molecule has 7 nitrogen and oxygen atoms in total. The van der Waals surface area contributed by atoms with Gasteiger partial charge in [0.05, 0.1) is 11.3 Å². The summed E-state index contributed by atoms with van der Waals surface area (Å²) in [5.74, 6) is -0.0384. The number of nitrogens with one attached hydrogen (secondary N) is 1. The molecule has 3 rings (SSSR count). The first-order chi connectivity index (χ1) is 8.24. The van der Waals surface area contributed by atoms with Gasteiger partial charge in [0.1, 0.15) is 5.52 Å². The molecule has 3 aromatic rings. The quantitative estimate of drug-likeness (QED) is 0.458. The van der Waals surface area contributed by atoms with Crippen LogP contribution in [0.1, 0.15) is 0 Å². The van der Waals surface area contributed by atoms with Crippen molar-refractivity contribution in [3.63, 3.8) is 0 Å².